The van der Waals surface area contributed by atoms with Gasteiger partial charge in [0.15, 0.2) is 5.82 Å². The summed E-state index contributed by atoms with van der Waals surface area (Å²) in [5.41, 5.74) is 0. The van der Waals surface area contributed by atoms with Crippen molar-refractivity contribution < 1.29 is 4.52 Å². The van der Waals surface area contributed by atoms with Gasteiger partial charge in [0.25, 0.3) is 0 Å². The Bertz CT molecular complexity index is 334. The first-order valence-corrected chi connectivity index (χ1v) is 7.39. The van der Waals surface area contributed by atoms with Crippen LogP contribution in [0.2, 0.25) is 0 Å². The van der Waals surface area contributed by atoms with Gasteiger partial charge in [-0.1, -0.05) is 19.0 Å². The van der Waals surface area contributed by atoms with Gasteiger partial charge in [0.1, 0.15) is 5.88 Å². The van der Waals surface area contributed by atoms with E-state index in [4.69, 9.17) is 16.1 Å². The Labute approximate surface area is 103 Å². The predicted molar refractivity (Wildman–Crippen MR) is 65.6 cm³/mol. The molecule has 3 unspecified atom stereocenters. The van der Waals surface area contributed by atoms with Crippen LogP contribution >= 0.6 is 35.1 Å². The van der Waals surface area contributed by atoms with E-state index in [9.17, 15) is 0 Å². The summed E-state index contributed by atoms with van der Waals surface area (Å²) in [6.07, 6.45) is 0. The zero-order chi connectivity index (χ0) is 10.8. The maximum absolute atomic E-state index is 5.62. The molecule has 0 aliphatic carbocycles. The fraction of sp³-hybridized carbons (Fsp3) is 0.778. The highest BCUT2D eigenvalue weighted by atomic mass is 35.5. The molecular weight excluding hydrogens is 252 g/mol. The topological polar surface area (TPSA) is 38.9 Å². The van der Waals surface area contributed by atoms with E-state index < -0.39 is 0 Å². The first-order chi connectivity index (χ1) is 7.20. The van der Waals surface area contributed by atoms with Gasteiger partial charge in [0.05, 0.1) is 5.25 Å². The minimum absolute atomic E-state index is 0.295. The third-order valence-electron chi connectivity index (χ3n) is 2.44. The normalized spacial score (nSPS) is 31.8. The van der Waals surface area contributed by atoms with Crippen LogP contribution in [0.1, 0.15) is 30.8 Å². The van der Waals surface area contributed by atoms with E-state index in [1.807, 2.05) is 23.5 Å². The molecule has 3 atom stereocenters. The number of alkyl halides is 1. The zero-order valence-electron chi connectivity index (χ0n) is 8.64. The maximum atomic E-state index is 5.62. The summed E-state index contributed by atoms with van der Waals surface area (Å²) >= 11 is 9.52. The SMILES string of the molecule is CC1SCC(c2noc(CCl)n2)SC1C. The molecule has 1 saturated heterocycles. The van der Waals surface area contributed by atoms with E-state index >= 15 is 0 Å². The third-order valence-corrected chi connectivity index (χ3v) is 6.05. The van der Waals surface area contributed by atoms with Crippen molar-refractivity contribution in [1.29, 1.82) is 0 Å². The highest BCUT2D eigenvalue weighted by molar-refractivity contribution is 8.07. The Morgan fingerprint density at radius 1 is 1.47 bits per heavy atom. The lowest BCUT2D eigenvalue weighted by molar-refractivity contribution is 0.384. The second-order valence-electron chi connectivity index (χ2n) is 3.55. The van der Waals surface area contributed by atoms with Gasteiger partial charge in [-0.2, -0.15) is 16.7 Å². The highest BCUT2D eigenvalue weighted by Gasteiger charge is 2.29. The first kappa shape index (κ1) is 11.6. The number of nitrogens with zero attached hydrogens (tertiary/aromatic N) is 2. The van der Waals surface area contributed by atoms with Crippen molar-refractivity contribution in [3.8, 4) is 0 Å². The highest BCUT2D eigenvalue weighted by Crippen LogP contribution is 2.43. The van der Waals surface area contributed by atoms with E-state index in [1.165, 1.54) is 0 Å². The standard InChI is InChI=1S/C9H13ClN2OS2/c1-5-6(2)15-7(4-14-5)9-11-8(3-10)13-12-9/h5-7H,3-4H2,1-2H3. The van der Waals surface area contributed by atoms with Gasteiger partial charge in [-0.3, -0.25) is 0 Å². The van der Waals surface area contributed by atoms with E-state index in [-0.39, 0.29) is 0 Å². The second kappa shape index (κ2) is 4.97. The molecule has 3 nitrogen and oxygen atoms in total. The molecule has 2 rings (SSSR count). The van der Waals surface area contributed by atoms with Crippen molar-refractivity contribution in [2.24, 2.45) is 0 Å². The predicted octanol–water partition coefficient (Wildman–Crippen LogP) is 3.11. The summed E-state index contributed by atoms with van der Waals surface area (Å²) in [6, 6.07) is 0. The van der Waals surface area contributed by atoms with Crippen molar-refractivity contribution in [3.63, 3.8) is 0 Å². The third kappa shape index (κ3) is 2.63. The molecule has 0 saturated carbocycles. The number of thioether (sulfide) groups is 2. The Kier molecular flexibility index (Phi) is 3.85. The molecule has 0 N–H and O–H groups in total. The van der Waals surface area contributed by atoms with Crippen molar-refractivity contribution in [2.45, 2.75) is 35.5 Å². The van der Waals surface area contributed by atoms with Crippen LogP contribution in [0.25, 0.3) is 0 Å². The van der Waals surface area contributed by atoms with Gasteiger partial charge in [-0.15, -0.1) is 23.4 Å². The van der Waals surface area contributed by atoms with Crippen LogP contribution < -0.4 is 0 Å². The van der Waals surface area contributed by atoms with Crippen LogP contribution in [0.3, 0.4) is 0 Å². The molecule has 0 amide bonds. The maximum Gasteiger partial charge on any atom is 0.241 e. The molecule has 0 radical (unpaired) electrons. The van der Waals surface area contributed by atoms with E-state index in [0.717, 1.165) is 11.6 Å². The molecule has 1 aliphatic heterocycles. The van der Waals surface area contributed by atoms with E-state index in [2.05, 4.69) is 24.0 Å². The Morgan fingerprint density at radius 2 is 2.27 bits per heavy atom. The molecule has 6 heteroatoms. The summed E-state index contributed by atoms with van der Waals surface area (Å²) in [4.78, 5) is 4.27. The Balaban J connectivity index is 2.05. The monoisotopic (exact) mass is 264 g/mol. The average molecular weight is 265 g/mol. The van der Waals surface area contributed by atoms with Gasteiger partial charge >= 0.3 is 0 Å². The van der Waals surface area contributed by atoms with Crippen molar-refractivity contribution in [1.82, 2.24) is 10.1 Å². The van der Waals surface area contributed by atoms with Crippen molar-refractivity contribution in [3.05, 3.63) is 11.7 Å². The fourth-order valence-electron chi connectivity index (χ4n) is 1.37. The quantitative estimate of drug-likeness (QED) is 0.768. The molecule has 2 heterocycles. The molecule has 1 fully saturated rings. The first-order valence-electron chi connectivity index (χ1n) is 4.86. The number of hydrogen-bond donors (Lipinski definition) is 0. The summed E-state index contributed by atoms with van der Waals surface area (Å²) < 4.78 is 5.01. The number of hydrogen-bond acceptors (Lipinski definition) is 5. The van der Waals surface area contributed by atoms with Gasteiger partial charge in [0.2, 0.25) is 5.89 Å². The van der Waals surface area contributed by atoms with Gasteiger partial charge in [-0.25, -0.2) is 0 Å². The minimum atomic E-state index is 0.295. The van der Waals surface area contributed by atoms with Crippen LogP contribution in [0.4, 0.5) is 0 Å². The second-order valence-corrected chi connectivity index (χ2v) is 6.81. The lowest BCUT2D eigenvalue weighted by Crippen LogP contribution is -2.22. The van der Waals surface area contributed by atoms with Crippen LogP contribution in [0, 0.1) is 0 Å². The van der Waals surface area contributed by atoms with Crippen molar-refractivity contribution in [2.75, 3.05) is 5.75 Å². The number of halogens is 1. The molecule has 1 aromatic heterocycles. The molecule has 0 spiro atoms. The smallest absolute Gasteiger partial charge is 0.241 e. The molecule has 84 valence electrons. The molecule has 1 aromatic rings. The van der Waals surface area contributed by atoms with Crippen LogP contribution in [0.15, 0.2) is 4.52 Å². The molecule has 15 heavy (non-hydrogen) atoms. The molecule has 1 aliphatic rings. The molecule has 0 bridgehead atoms. The van der Waals surface area contributed by atoms with Gasteiger partial charge < -0.3 is 4.52 Å². The summed E-state index contributed by atoms with van der Waals surface area (Å²) in [6.45, 7) is 4.51. The summed E-state index contributed by atoms with van der Waals surface area (Å²) in [5, 5.41) is 5.65. The molecule has 0 aromatic carbocycles. The Morgan fingerprint density at radius 3 is 2.87 bits per heavy atom. The number of aromatic nitrogens is 2. The van der Waals surface area contributed by atoms with Crippen LogP contribution in [0.5, 0.6) is 0 Å². The van der Waals surface area contributed by atoms with Gasteiger partial charge in [0, 0.05) is 16.3 Å². The minimum Gasteiger partial charge on any atom is -0.338 e. The zero-order valence-corrected chi connectivity index (χ0v) is 11.0. The lowest BCUT2D eigenvalue weighted by Gasteiger charge is -2.29. The van der Waals surface area contributed by atoms with Crippen LogP contribution in [-0.4, -0.2) is 26.4 Å². The Hall–Kier alpha value is 0.130. The van der Waals surface area contributed by atoms with E-state index in [0.29, 0.717) is 27.5 Å². The van der Waals surface area contributed by atoms with E-state index in [1.54, 1.807) is 0 Å². The fourth-order valence-corrected chi connectivity index (χ4v) is 4.31. The molecular formula is C9H13ClN2OS2. The number of rotatable bonds is 2. The average Bonchev–Trinajstić information content (AvgIpc) is 2.70. The van der Waals surface area contributed by atoms with Gasteiger partial charge in [-0.05, 0) is 0 Å². The summed E-state index contributed by atoms with van der Waals surface area (Å²) in [7, 11) is 0. The van der Waals surface area contributed by atoms with Crippen LogP contribution in [-0.2, 0) is 5.88 Å². The largest absolute Gasteiger partial charge is 0.338 e. The lowest BCUT2D eigenvalue weighted by atomic mass is 10.3. The van der Waals surface area contributed by atoms with Crippen molar-refractivity contribution >= 4 is 35.1 Å². The summed E-state index contributed by atoms with van der Waals surface area (Å²) in [5.74, 6) is 2.66.